The van der Waals surface area contributed by atoms with Crippen molar-refractivity contribution in [2.75, 3.05) is 0 Å². The van der Waals surface area contributed by atoms with Crippen LogP contribution in [0.2, 0.25) is 0 Å². The summed E-state index contributed by atoms with van der Waals surface area (Å²) in [5.41, 5.74) is 3.02. The van der Waals surface area contributed by atoms with Gasteiger partial charge in [0.1, 0.15) is 0 Å². The van der Waals surface area contributed by atoms with Gasteiger partial charge in [0.25, 0.3) is 6.43 Å². The minimum absolute atomic E-state index is 0.0633. The molecular weight excluding hydrogens is 246 g/mol. The topological polar surface area (TPSA) is 24.9 Å². The highest BCUT2D eigenvalue weighted by molar-refractivity contribution is 5.24. The maximum absolute atomic E-state index is 12.6. The maximum Gasteiger partial charge on any atom is 0.263 e. The second-order valence-corrected chi connectivity index (χ2v) is 4.42. The normalized spacial score (nSPS) is 10.9. The number of aromatic nitrogens is 1. The molecule has 0 unspecified atom stereocenters. The molecule has 19 heavy (non-hydrogen) atoms. The van der Waals surface area contributed by atoms with Gasteiger partial charge in [-0.05, 0) is 30.2 Å². The first-order valence-electron chi connectivity index (χ1n) is 6.15. The maximum atomic E-state index is 12.6. The van der Waals surface area contributed by atoms with E-state index in [4.69, 9.17) is 0 Å². The Hall–Kier alpha value is -1.81. The van der Waals surface area contributed by atoms with E-state index in [-0.39, 0.29) is 5.56 Å². The average molecular weight is 262 g/mol. The monoisotopic (exact) mass is 262 g/mol. The molecule has 2 nitrogen and oxygen atoms in total. The number of nitrogens with zero attached hydrogens (tertiary/aromatic N) is 1. The predicted molar refractivity (Wildman–Crippen MR) is 70.9 cm³/mol. The molecule has 0 atom stereocenters. The van der Waals surface area contributed by atoms with Crippen LogP contribution in [0, 0.1) is 6.92 Å². The van der Waals surface area contributed by atoms with Crippen LogP contribution in [0.15, 0.2) is 42.6 Å². The minimum Gasteiger partial charge on any atom is -0.307 e. The fraction of sp³-hybridized carbons (Fsp3) is 0.267. The van der Waals surface area contributed by atoms with E-state index in [1.54, 1.807) is 12.3 Å². The first-order valence-corrected chi connectivity index (χ1v) is 6.15. The molecule has 100 valence electrons. The third-order valence-corrected chi connectivity index (χ3v) is 2.94. The molecule has 1 aromatic heterocycles. The Kier molecular flexibility index (Phi) is 4.58. The summed E-state index contributed by atoms with van der Waals surface area (Å²) >= 11 is 0. The molecule has 4 heteroatoms. The summed E-state index contributed by atoms with van der Waals surface area (Å²) in [4.78, 5) is 4.27. The summed E-state index contributed by atoms with van der Waals surface area (Å²) < 4.78 is 25.1. The van der Waals surface area contributed by atoms with Gasteiger partial charge in [-0.25, -0.2) is 8.78 Å². The van der Waals surface area contributed by atoms with Gasteiger partial charge < -0.3 is 5.32 Å². The molecular formula is C15H16F2N2. The van der Waals surface area contributed by atoms with Crippen LogP contribution in [0.25, 0.3) is 0 Å². The molecule has 0 radical (unpaired) electrons. The van der Waals surface area contributed by atoms with Gasteiger partial charge in [0, 0.05) is 24.8 Å². The fourth-order valence-electron chi connectivity index (χ4n) is 1.87. The second-order valence-electron chi connectivity index (χ2n) is 4.42. The Morgan fingerprint density at radius 2 is 2.00 bits per heavy atom. The molecule has 1 N–H and O–H groups in total. The first-order chi connectivity index (χ1) is 9.16. The Morgan fingerprint density at radius 3 is 2.74 bits per heavy atom. The van der Waals surface area contributed by atoms with Gasteiger partial charge in [0.05, 0.1) is 5.69 Å². The molecule has 2 rings (SSSR count). The van der Waals surface area contributed by atoms with Gasteiger partial charge >= 0.3 is 0 Å². The van der Waals surface area contributed by atoms with E-state index in [1.807, 2.05) is 25.1 Å². The Balaban J connectivity index is 1.93. The lowest BCUT2D eigenvalue weighted by Gasteiger charge is -2.08. The summed E-state index contributed by atoms with van der Waals surface area (Å²) in [6, 6.07) is 10.4. The van der Waals surface area contributed by atoms with E-state index >= 15 is 0 Å². The number of pyridine rings is 1. The highest BCUT2D eigenvalue weighted by Crippen LogP contribution is 2.19. The molecule has 1 heterocycles. The average Bonchev–Trinajstić information content (AvgIpc) is 2.41. The van der Waals surface area contributed by atoms with E-state index < -0.39 is 6.43 Å². The van der Waals surface area contributed by atoms with E-state index in [9.17, 15) is 8.78 Å². The molecule has 2 aromatic rings. The third kappa shape index (κ3) is 3.83. The van der Waals surface area contributed by atoms with Gasteiger partial charge in [-0.2, -0.15) is 0 Å². The number of halogens is 2. The van der Waals surface area contributed by atoms with Gasteiger partial charge in [-0.3, -0.25) is 4.98 Å². The zero-order chi connectivity index (χ0) is 13.7. The molecule has 0 saturated carbocycles. The zero-order valence-electron chi connectivity index (χ0n) is 10.7. The van der Waals surface area contributed by atoms with Crippen LogP contribution in [-0.2, 0) is 13.1 Å². The minimum atomic E-state index is -2.42. The summed E-state index contributed by atoms with van der Waals surface area (Å²) in [6.45, 7) is 3.18. The standard InChI is InChI=1S/C15H16F2N2/c1-11-4-3-7-19-14(11)10-18-9-12-5-2-6-13(8-12)15(16)17/h2-8,15,18H,9-10H2,1H3. The van der Waals surface area contributed by atoms with Crippen molar-refractivity contribution in [3.8, 4) is 0 Å². The molecule has 0 aliphatic heterocycles. The lowest BCUT2D eigenvalue weighted by Crippen LogP contribution is -2.14. The van der Waals surface area contributed by atoms with Crippen LogP contribution in [0.4, 0.5) is 8.78 Å². The third-order valence-electron chi connectivity index (χ3n) is 2.94. The number of nitrogens with one attached hydrogen (secondary N) is 1. The Labute approximate surface area is 111 Å². The first kappa shape index (κ1) is 13.6. The van der Waals surface area contributed by atoms with Gasteiger partial charge in [0.15, 0.2) is 0 Å². The number of alkyl halides is 2. The summed E-state index contributed by atoms with van der Waals surface area (Å²) in [5.74, 6) is 0. The summed E-state index contributed by atoms with van der Waals surface area (Å²) in [5, 5.41) is 3.22. The van der Waals surface area contributed by atoms with Gasteiger partial charge in [-0.1, -0.05) is 24.3 Å². The lowest BCUT2D eigenvalue weighted by molar-refractivity contribution is 0.151. The van der Waals surface area contributed by atoms with Crippen molar-refractivity contribution in [3.63, 3.8) is 0 Å². The van der Waals surface area contributed by atoms with Gasteiger partial charge in [0.2, 0.25) is 0 Å². The van der Waals surface area contributed by atoms with Crippen molar-refractivity contribution in [3.05, 3.63) is 65.0 Å². The Bertz CT molecular complexity index is 541. The van der Waals surface area contributed by atoms with Crippen molar-refractivity contribution in [1.29, 1.82) is 0 Å². The largest absolute Gasteiger partial charge is 0.307 e. The number of rotatable bonds is 5. The van der Waals surface area contributed by atoms with Crippen LogP contribution in [0.1, 0.15) is 28.8 Å². The highest BCUT2D eigenvalue weighted by Gasteiger charge is 2.06. The number of hydrogen-bond acceptors (Lipinski definition) is 2. The summed E-state index contributed by atoms with van der Waals surface area (Å²) in [7, 11) is 0. The van der Waals surface area contributed by atoms with E-state index in [0.717, 1.165) is 16.8 Å². The molecule has 0 aliphatic carbocycles. The van der Waals surface area contributed by atoms with E-state index in [0.29, 0.717) is 13.1 Å². The fourth-order valence-corrected chi connectivity index (χ4v) is 1.87. The second kappa shape index (κ2) is 6.38. The van der Waals surface area contributed by atoms with Crippen molar-refractivity contribution in [2.45, 2.75) is 26.4 Å². The van der Waals surface area contributed by atoms with E-state index in [2.05, 4.69) is 10.3 Å². The van der Waals surface area contributed by atoms with Crippen LogP contribution >= 0.6 is 0 Å². The van der Waals surface area contributed by atoms with E-state index in [1.165, 1.54) is 12.1 Å². The molecule has 0 bridgehead atoms. The van der Waals surface area contributed by atoms with Crippen molar-refractivity contribution in [2.24, 2.45) is 0 Å². The summed E-state index contributed by atoms with van der Waals surface area (Å²) in [6.07, 6.45) is -0.667. The number of benzene rings is 1. The molecule has 0 saturated heterocycles. The number of hydrogen-bond donors (Lipinski definition) is 1. The van der Waals surface area contributed by atoms with Gasteiger partial charge in [-0.15, -0.1) is 0 Å². The Morgan fingerprint density at radius 1 is 1.16 bits per heavy atom. The van der Waals surface area contributed by atoms with Crippen molar-refractivity contribution >= 4 is 0 Å². The molecule has 0 spiro atoms. The molecule has 1 aromatic carbocycles. The number of aryl methyl sites for hydroxylation is 1. The van der Waals surface area contributed by atoms with Crippen LogP contribution in [-0.4, -0.2) is 4.98 Å². The zero-order valence-corrected chi connectivity index (χ0v) is 10.7. The quantitative estimate of drug-likeness (QED) is 0.890. The lowest BCUT2D eigenvalue weighted by atomic mass is 10.1. The van der Waals surface area contributed by atoms with Crippen LogP contribution in [0.5, 0.6) is 0 Å². The van der Waals surface area contributed by atoms with Crippen LogP contribution in [0.3, 0.4) is 0 Å². The molecule has 0 amide bonds. The highest BCUT2D eigenvalue weighted by atomic mass is 19.3. The predicted octanol–water partition coefficient (Wildman–Crippen LogP) is 3.62. The molecule has 0 fully saturated rings. The van der Waals surface area contributed by atoms with Crippen molar-refractivity contribution < 1.29 is 8.78 Å². The SMILES string of the molecule is Cc1cccnc1CNCc1cccc(C(F)F)c1. The smallest absolute Gasteiger partial charge is 0.263 e. The van der Waals surface area contributed by atoms with Crippen LogP contribution < -0.4 is 5.32 Å². The molecule has 0 aliphatic rings. The van der Waals surface area contributed by atoms with Crippen molar-refractivity contribution in [1.82, 2.24) is 10.3 Å².